The van der Waals surface area contributed by atoms with Crippen LogP contribution in [0, 0.1) is 0 Å². The first-order valence-corrected chi connectivity index (χ1v) is 6.22. The Balaban J connectivity index is 2.17. The smallest absolute Gasteiger partial charge is 0.163 e. The Kier molecular flexibility index (Phi) is 4.07. The van der Waals surface area contributed by atoms with Crippen molar-refractivity contribution >= 4 is 23.1 Å². The normalized spacial score (nSPS) is 10.2. The van der Waals surface area contributed by atoms with Crippen LogP contribution in [0.2, 0.25) is 5.02 Å². The molecule has 3 nitrogen and oxygen atoms in total. The highest BCUT2D eigenvalue weighted by Gasteiger charge is 2.09. The van der Waals surface area contributed by atoms with E-state index >= 15 is 0 Å². The molecule has 2 rings (SSSR count). The Labute approximate surface area is 117 Å². The summed E-state index contributed by atoms with van der Waals surface area (Å²) in [6, 6.07) is 12.4. The van der Waals surface area contributed by atoms with Gasteiger partial charge in [0.25, 0.3) is 0 Å². The molecule has 0 saturated heterocycles. The predicted molar refractivity (Wildman–Crippen MR) is 76.6 cm³/mol. The Morgan fingerprint density at radius 3 is 2.74 bits per heavy atom. The highest BCUT2D eigenvalue weighted by Crippen LogP contribution is 2.23. The monoisotopic (exact) mass is 275 g/mol. The van der Waals surface area contributed by atoms with Gasteiger partial charge < -0.3 is 10.5 Å². The fraction of sp³-hybridized carbons (Fsp3) is 0.133. The Morgan fingerprint density at radius 2 is 2.05 bits per heavy atom. The second-order valence-electron chi connectivity index (χ2n) is 4.23. The van der Waals surface area contributed by atoms with E-state index in [9.17, 15) is 4.79 Å². The lowest BCUT2D eigenvalue weighted by Gasteiger charge is -2.10. The number of nitrogen functional groups attached to an aromatic ring is 1. The molecule has 2 aromatic carbocycles. The van der Waals surface area contributed by atoms with E-state index in [0.29, 0.717) is 28.6 Å². The van der Waals surface area contributed by atoms with Gasteiger partial charge in [0.05, 0.1) is 5.56 Å². The van der Waals surface area contributed by atoms with Crippen LogP contribution in [0.25, 0.3) is 0 Å². The summed E-state index contributed by atoms with van der Waals surface area (Å²) in [5.74, 6) is 0.454. The molecule has 0 aromatic heterocycles. The molecule has 0 heterocycles. The molecule has 0 amide bonds. The van der Waals surface area contributed by atoms with Gasteiger partial charge in [-0.15, -0.1) is 0 Å². The molecule has 19 heavy (non-hydrogen) atoms. The zero-order valence-electron chi connectivity index (χ0n) is 10.5. The fourth-order valence-corrected chi connectivity index (χ4v) is 1.95. The zero-order valence-corrected chi connectivity index (χ0v) is 11.3. The topological polar surface area (TPSA) is 52.3 Å². The van der Waals surface area contributed by atoms with E-state index in [1.165, 1.54) is 6.92 Å². The summed E-state index contributed by atoms with van der Waals surface area (Å²) in [5, 5.41) is 0.658. The lowest BCUT2D eigenvalue weighted by molar-refractivity contribution is 0.101. The van der Waals surface area contributed by atoms with Crippen LogP contribution >= 0.6 is 11.6 Å². The van der Waals surface area contributed by atoms with Gasteiger partial charge in [-0.2, -0.15) is 0 Å². The molecular weight excluding hydrogens is 262 g/mol. The lowest BCUT2D eigenvalue weighted by atomic mass is 10.1. The first-order chi connectivity index (χ1) is 9.06. The number of ether oxygens (including phenoxy) is 1. The van der Waals surface area contributed by atoms with Crippen molar-refractivity contribution in [3.8, 4) is 5.75 Å². The minimum absolute atomic E-state index is 0.0756. The Bertz CT molecular complexity index is 611. The van der Waals surface area contributed by atoms with Crippen molar-refractivity contribution in [3.63, 3.8) is 0 Å². The third-order valence-corrected chi connectivity index (χ3v) is 2.90. The number of hydrogen-bond acceptors (Lipinski definition) is 3. The molecule has 0 atom stereocenters. The minimum Gasteiger partial charge on any atom is -0.488 e. The van der Waals surface area contributed by atoms with Crippen LogP contribution < -0.4 is 10.5 Å². The van der Waals surface area contributed by atoms with E-state index in [4.69, 9.17) is 22.1 Å². The molecule has 0 saturated carbocycles. The average Bonchev–Trinajstić information content (AvgIpc) is 2.37. The van der Waals surface area contributed by atoms with E-state index in [2.05, 4.69) is 0 Å². The van der Waals surface area contributed by atoms with Gasteiger partial charge in [0.15, 0.2) is 5.78 Å². The van der Waals surface area contributed by atoms with Crippen molar-refractivity contribution in [2.24, 2.45) is 0 Å². The van der Waals surface area contributed by atoms with E-state index in [1.807, 2.05) is 18.2 Å². The van der Waals surface area contributed by atoms with Gasteiger partial charge >= 0.3 is 0 Å². The fourth-order valence-electron chi connectivity index (χ4n) is 1.74. The molecule has 4 heteroatoms. The molecule has 0 fully saturated rings. The maximum Gasteiger partial charge on any atom is 0.163 e. The Morgan fingerprint density at radius 1 is 1.26 bits per heavy atom. The number of carbonyl (C=O) groups is 1. The molecule has 0 radical (unpaired) electrons. The third-order valence-electron chi connectivity index (χ3n) is 2.67. The van der Waals surface area contributed by atoms with Gasteiger partial charge in [-0.3, -0.25) is 4.79 Å². The van der Waals surface area contributed by atoms with Crippen LogP contribution in [-0.2, 0) is 6.61 Å². The molecule has 0 bridgehead atoms. The summed E-state index contributed by atoms with van der Waals surface area (Å²) in [7, 11) is 0. The van der Waals surface area contributed by atoms with Crippen LogP contribution in [0.3, 0.4) is 0 Å². The largest absolute Gasteiger partial charge is 0.488 e. The first-order valence-electron chi connectivity index (χ1n) is 5.84. The maximum atomic E-state index is 11.5. The van der Waals surface area contributed by atoms with Crippen molar-refractivity contribution in [2.45, 2.75) is 13.5 Å². The van der Waals surface area contributed by atoms with Gasteiger partial charge in [-0.05, 0) is 42.8 Å². The first kappa shape index (κ1) is 13.4. The average molecular weight is 276 g/mol. The molecule has 0 aliphatic carbocycles. The molecule has 2 N–H and O–H groups in total. The molecular formula is C15H14ClNO2. The number of anilines is 1. The van der Waals surface area contributed by atoms with Gasteiger partial charge in [0.2, 0.25) is 0 Å². The van der Waals surface area contributed by atoms with Crippen LogP contribution in [0.1, 0.15) is 22.8 Å². The Hall–Kier alpha value is -2.00. The lowest BCUT2D eigenvalue weighted by Crippen LogP contribution is -2.02. The van der Waals surface area contributed by atoms with E-state index in [1.54, 1.807) is 24.3 Å². The zero-order chi connectivity index (χ0) is 13.8. The molecule has 0 spiro atoms. The molecule has 0 aliphatic heterocycles. The summed E-state index contributed by atoms with van der Waals surface area (Å²) < 4.78 is 5.66. The highest BCUT2D eigenvalue weighted by molar-refractivity contribution is 6.30. The quantitative estimate of drug-likeness (QED) is 0.684. The second-order valence-corrected chi connectivity index (χ2v) is 4.67. The standard InChI is InChI=1S/C15H14ClNO2/c1-10(18)14-8-13(17)5-6-15(14)19-9-11-3-2-4-12(16)7-11/h2-8H,9,17H2,1H3. The summed E-state index contributed by atoms with van der Waals surface area (Å²) in [6.45, 7) is 1.84. The number of rotatable bonds is 4. The van der Waals surface area contributed by atoms with Crippen LogP contribution in [0.15, 0.2) is 42.5 Å². The number of Topliss-reactive ketones (excluding diaryl/α,β-unsaturated/α-hetero) is 1. The van der Waals surface area contributed by atoms with E-state index in [-0.39, 0.29) is 5.78 Å². The number of halogens is 1. The maximum absolute atomic E-state index is 11.5. The van der Waals surface area contributed by atoms with Gasteiger partial charge in [0.1, 0.15) is 12.4 Å². The van der Waals surface area contributed by atoms with Crippen LogP contribution in [0.5, 0.6) is 5.75 Å². The van der Waals surface area contributed by atoms with Crippen LogP contribution in [0.4, 0.5) is 5.69 Å². The van der Waals surface area contributed by atoms with Gasteiger partial charge in [-0.25, -0.2) is 0 Å². The molecule has 0 unspecified atom stereocenters. The van der Waals surface area contributed by atoms with Gasteiger partial charge in [-0.1, -0.05) is 23.7 Å². The van der Waals surface area contributed by atoms with Crippen molar-refractivity contribution in [1.82, 2.24) is 0 Å². The third kappa shape index (κ3) is 3.48. The van der Waals surface area contributed by atoms with Crippen molar-refractivity contribution in [3.05, 3.63) is 58.6 Å². The SMILES string of the molecule is CC(=O)c1cc(N)ccc1OCc1cccc(Cl)c1. The molecule has 2 aromatic rings. The number of benzene rings is 2. The molecule has 0 aliphatic rings. The van der Waals surface area contributed by atoms with Gasteiger partial charge in [0, 0.05) is 10.7 Å². The van der Waals surface area contributed by atoms with E-state index < -0.39 is 0 Å². The summed E-state index contributed by atoms with van der Waals surface area (Å²) in [6.07, 6.45) is 0. The van der Waals surface area contributed by atoms with E-state index in [0.717, 1.165) is 5.56 Å². The van der Waals surface area contributed by atoms with Crippen molar-refractivity contribution < 1.29 is 9.53 Å². The minimum atomic E-state index is -0.0756. The highest BCUT2D eigenvalue weighted by atomic mass is 35.5. The predicted octanol–water partition coefficient (Wildman–Crippen LogP) is 3.70. The van der Waals surface area contributed by atoms with Crippen molar-refractivity contribution in [1.29, 1.82) is 0 Å². The second kappa shape index (κ2) is 5.76. The number of hydrogen-bond donors (Lipinski definition) is 1. The van der Waals surface area contributed by atoms with Crippen LogP contribution in [-0.4, -0.2) is 5.78 Å². The van der Waals surface area contributed by atoms with Crippen molar-refractivity contribution in [2.75, 3.05) is 5.73 Å². The molecule has 98 valence electrons. The number of nitrogens with two attached hydrogens (primary N) is 1. The summed E-state index contributed by atoms with van der Waals surface area (Å²) in [4.78, 5) is 11.5. The number of carbonyl (C=O) groups excluding carboxylic acids is 1. The number of ketones is 1. The summed E-state index contributed by atoms with van der Waals surface area (Å²) in [5.41, 5.74) is 7.64. The summed E-state index contributed by atoms with van der Waals surface area (Å²) >= 11 is 5.90.